The van der Waals surface area contributed by atoms with E-state index < -0.39 is 0 Å². The van der Waals surface area contributed by atoms with Gasteiger partial charge in [-0.05, 0) is 45.1 Å². The maximum atomic E-state index is 3.80. The lowest BCUT2D eigenvalue weighted by atomic mass is 9.87. The van der Waals surface area contributed by atoms with Gasteiger partial charge in [-0.2, -0.15) is 0 Å². The monoisotopic (exact) mass is 268 g/mol. The van der Waals surface area contributed by atoms with Crippen molar-refractivity contribution in [2.75, 3.05) is 19.6 Å². The topological polar surface area (TPSA) is 15.3 Å². The van der Waals surface area contributed by atoms with E-state index in [0.717, 1.165) is 18.0 Å². The molecule has 1 aliphatic rings. The van der Waals surface area contributed by atoms with Crippen molar-refractivity contribution in [3.8, 4) is 0 Å². The zero-order chi connectivity index (χ0) is 14.1. The first-order valence-electron chi connectivity index (χ1n) is 8.64. The lowest BCUT2D eigenvalue weighted by molar-refractivity contribution is 0.194. The van der Waals surface area contributed by atoms with E-state index in [2.05, 4.69) is 37.9 Å². The zero-order valence-electron chi connectivity index (χ0n) is 13.8. The van der Waals surface area contributed by atoms with Crippen LogP contribution in [0.5, 0.6) is 0 Å². The van der Waals surface area contributed by atoms with Crippen LogP contribution in [0.1, 0.15) is 72.6 Å². The molecule has 0 radical (unpaired) electrons. The Hall–Kier alpha value is -0.0800. The molecule has 1 saturated carbocycles. The smallest absolute Gasteiger partial charge is 0.0110 e. The molecule has 0 heterocycles. The fraction of sp³-hybridized carbons (Fsp3) is 1.00. The molecule has 0 spiro atoms. The second-order valence-electron chi connectivity index (χ2n) is 6.57. The predicted molar refractivity (Wildman–Crippen MR) is 85.7 cm³/mol. The number of hydrogen-bond donors (Lipinski definition) is 1. The van der Waals surface area contributed by atoms with Crippen molar-refractivity contribution < 1.29 is 0 Å². The zero-order valence-corrected chi connectivity index (χ0v) is 13.8. The third kappa shape index (κ3) is 6.76. The van der Waals surface area contributed by atoms with E-state index in [9.17, 15) is 0 Å². The van der Waals surface area contributed by atoms with E-state index in [1.165, 1.54) is 64.6 Å². The minimum Gasteiger partial charge on any atom is -0.313 e. The maximum Gasteiger partial charge on any atom is 0.0110 e. The molecule has 3 atom stereocenters. The molecule has 2 nitrogen and oxygen atoms in total. The summed E-state index contributed by atoms with van der Waals surface area (Å²) >= 11 is 0. The highest BCUT2D eigenvalue weighted by atomic mass is 15.2. The summed E-state index contributed by atoms with van der Waals surface area (Å²) in [5.41, 5.74) is 0. The molecule has 0 amide bonds. The highest BCUT2D eigenvalue weighted by Gasteiger charge is 2.18. The van der Waals surface area contributed by atoms with Gasteiger partial charge in [0, 0.05) is 25.2 Å². The predicted octanol–water partition coefficient (Wildman–Crippen LogP) is 4.06. The lowest BCUT2D eigenvalue weighted by Crippen LogP contribution is -2.42. The average molecular weight is 268 g/mol. The van der Waals surface area contributed by atoms with Gasteiger partial charge in [-0.1, -0.05) is 40.0 Å². The normalized spacial score (nSPS) is 25.7. The van der Waals surface area contributed by atoms with Crippen molar-refractivity contribution in [3.63, 3.8) is 0 Å². The Balaban J connectivity index is 2.22. The van der Waals surface area contributed by atoms with Crippen molar-refractivity contribution >= 4 is 0 Å². The van der Waals surface area contributed by atoms with Crippen LogP contribution in [0.3, 0.4) is 0 Å². The minimum atomic E-state index is 0.735. The van der Waals surface area contributed by atoms with Crippen LogP contribution in [-0.2, 0) is 0 Å². The molecule has 1 aliphatic carbocycles. The summed E-state index contributed by atoms with van der Waals surface area (Å²) < 4.78 is 0. The molecule has 0 aromatic heterocycles. The molecule has 0 aliphatic heterocycles. The van der Waals surface area contributed by atoms with Gasteiger partial charge in [0.2, 0.25) is 0 Å². The van der Waals surface area contributed by atoms with Crippen LogP contribution in [0.2, 0.25) is 0 Å². The van der Waals surface area contributed by atoms with E-state index >= 15 is 0 Å². The van der Waals surface area contributed by atoms with Crippen LogP contribution in [-0.4, -0.2) is 36.6 Å². The van der Waals surface area contributed by atoms with Gasteiger partial charge in [-0.3, -0.25) is 4.90 Å². The number of hydrogen-bond acceptors (Lipinski definition) is 2. The SMILES string of the molecule is CCCCN(CCNC1CCCC(C)C1)C(C)CC. The Morgan fingerprint density at radius 3 is 2.63 bits per heavy atom. The van der Waals surface area contributed by atoms with Gasteiger partial charge < -0.3 is 5.32 Å². The van der Waals surface area contributed by atoms with Crippen molar-refractivity contribution in [1.29, 1.82) is 0 Å². The molecule has 19 heavy (non-hydrogen) atoms. The Morgan fingerprint density at radius 1 is 1.21 bits per heavy atom. The average Bonchev–Trinajstić information content (AvgIpc) is 2.42. The summed E-state index contributed by atoms with van der Waals surface area (Å²) in [6.07, 6.45) is 9.55. The molecular formula is C17H36N2. The molecule has 2 heteroatoms. The second-order valence-corrected chi connectivity index (χ2v) is 6.57. The molecular weight excluding hydrogens is 232 g/mol. The Bertz CT molecular complexity index is 217. The van der Waals surface area contributed by atoms with Gasteiger partial charge in [0.25, 0.3) is 0 Å². The largest absolute Gasteiger partial charge is 0.313 e. The molecule has 0 saturated heterocycles. The van der Waals surface area contributed by atoms with Crippen molar-refractivity contribution in [2.24, 2.45) is 5.92 Å². The third-order valence-electron chi connectivity index (χ3n) is 4.78. The van der Waals surface area contributed by atoms with Crippen LogP contribution < -0.4 is 5.32 Å². The molecule has 3 unspecified atom stereocenters. The van der Waals surface area contributed by atoms with Gasteiger partial charge in [0.15, 0.2) is 0 Å². The quantitative estimate of drug-likeness (QED) is 0.678. The molecule has 1 rings (SSSR count). The first kappa shape index (κ1) is 17.0. The van der Waals surface area contributed by atoms with E-state index in [1.54, 1.807) is 0 Å². The van der Waals surface area contributed by atoms with E-state index in [1.807, 2.05) is 0 Å². The first-order chi connectivity index (χ1) is 9.17. The molecule has 0 aromatic rings. The third-order valence-corrected chi connectivity index (χ3v) is 4.78. The summed E-state index contributed by atoms with van der Waals surface area (Å²) in [4.78, 5) is 2.67. The standard InChI is InChI=1S/C17H36N2/c1-5-7-12-19(16(4)6-2)13-11-18-17-10-8-9-15(3)14-17/h15-18H,5-14H2,1-4H3. The van der Waals surface area contributed by atoms with Gasteiger partial charge in [0.1, 0.15) is 0 Å². The number of unbranched alkanes of at least 4 members (excludes halogenated alkanes) is 1. The van der Waals surface area contributed by atoms with Gasteiger partial charge in [-0.25, -0.2) is 0 Å². The second kappa shape index (κ2) is 9.77. The number of nitrogens with zero attached hydrogens (tertiary/aromatic N) is 1. The van der Waals surface area contributed by atoms with Gasteiger partial charge in [0.05, 0.1) is 0 Å². The lowest BCUT2D eigenvalue weighted by Gasteiger charge is -2.31. The first-order valence-corrected chi connectivity index (χ1v) is 8.64. The Kier molecular flexibility index (Phi) is 8.72. The molecule has 114 valence electrons. The maximum absolute atomic E-state index is 3.80. The summed E-state index contributed by atoms with van der Waals surface area (Å²) in [5.74, 6) is 0.928. The van der Waals surface area contributed by atoms with Crippen molar-refractivity contribution in [3.05, 3.63) is 0 Å². The number of nitrogens with one attached hydrogen (secondary N) is 1. The van der Waals surface area contributed by atoms with Crippen LogP contribution in [0.4, 0.5) is 0 Å². The summed E-state index contributed by atoms with van der Waals surface area (Å²) in [6, 6.07) is 1.52. The van der Waals surface area contributed by atoms with Crippen LogP contribution in [0.25, 0.3) is 0 Å². The van der Waals surface area contributed by atoms with Gasteiger partial charge in [-0.15, -0.1) is 0 Å². The molecule has 1 fully saturated rings. The Morgan fingerprint density at radius 2 is 2.00 bits per heavy atom. The van der Waals surface area contributed by atoms with Crippen molar-refractivity contribution in [1.82, 2.24) is 10.2 Å². The van der Waals surface area contributed by atoms with Crippen molar-refractivity contribution in [2.45, 2.75) is 84.7 Å². The van der Waals surface area contributed by atoms with Crippen LogP contribution in [0, 0.1) is 5.92 Å². The fourth-order valence-electron chi connectivity index (χ4n) is 3.20. The highest BCUT2D eigenvalue weighted by Crippen LogP contribution is 2.23. The van der Waals surface area contributed by atoms with Crippen LogP contribution >= 0.6 is 0 Å². The summed E-state index contributed by atoms with van der Waals surface area (Å²) in [6.45, 7) is 13.0. The highest BCUT2D eigenvalue weighted by molar-refractivity contribution is 4.77. The molecule has 0 bridgehead atoms. The van der Waals surface area contributed by atoms with E-state index in [0.29, 0.717) is 0 Å². The van der Waals surface area contributed by atoms with E-state index in [-0.39, 0.29) is 0 Å². The Labute approximate surface area is 121 Å². The van der Waals surface area contributed by atoms with Gasteiger partial charge >= 0.3 is 0 Å². The fourth-order valence-corrected chi connectivity index (χ4v) is 3.20. The van der Waals surface area contributed by atoms with Crippen LogP contribution in [0.15, 0.2) is 0 Å². The summed E-state index contributed by atoms with van der Waals surface area (Å²) in [7, 11) is 0. The molecule has 0 aromatic carbocycles. The minimum absolute atomic E-state index is 0.735. The molecule has 1 N–H and O–H groups in total. The number of rotatable bonds is 9. The van der Waals surface area contributed by atoms with E-state index in [4.69, 9.17) is 0 Å². The summed E-state index contributed by atoms with van der Waals surface area (Å²) in [5, 5.41) is 3.80.